The Morgan fingerprint density at radius 1 is 1.22 bits per heavy atom. The van der Waals surface area contributed by atoms with E-state index in [-0.39, 0.29) is 18.2 Å². The summed E-state index contributed by atoms with van der Waals surface area (Å²) >= 11 is 0. The average molecular weight is 456 g/mol. The first kappa shape index (κ1) is 24.0. The molecule has 1 aromatic carbocycles. The zero-order chi connectivity index (χ0) is 23.5. The summed E-state index contributed by atoms with van der Waals surface area (Å²) in [5.41, 5.74) is 1.74. The van der Waals surface area contributed by atoms with Crippen LogP contribution in [-0.4, -0.2) is 41.4 Å². The van der Waals surface area contributed by atoms with E-state index in [9.17, 15) is 14.7 Å². The minimum atomic E-state index is -1.27. The lowest BCUT2D eigenvalue weighted by Gasteiger charge is -2.17. The predicted molar refractivity (Wildman–Crippen MR) is 130 cm³/mol. The number of hydrogen-bond donors (Lipinski definition) is 2. The number of fused-ring (bicyclic) bond motifs is 1. The molecule has 7 nitrogen and oxygen atoms in total. The molecule has 2 aromatic heterocycles. The van der Waals surface area contributed by atoms with E-state index in [1.807, 2.05) is 37.3 Å². The molecule has 2 N–H and O–H groups in total. The Kier molecular flexibility index (Phi) is 7.38. The maximum atomic E-state index is 13.1. The van der Waals surface area contributed by atoms with Gasteiger partial charge in [-0.15, -0.1) is 0 Å². The predicted octanol–water partition coefficient (Wildman–Crippen LogP) is 3.48. The summed E-state index contributed by atoms with van der Waals surface area (Å²) in [6.07, 6.45) is 0.705. The van der Waals surface area contributed by atoms with E-state index in [4.69, 9.17) is 4.74 Å². The van der Waals surface area contributed by atoms with Crippen molar-refractivity contribution >= 4 is 24.9 Å². The topological polar surface area (TPSA) is 85.5 Å². The highest BCUT2D eigenvalue weighted by Gasteiger charge is 2.24. The fourth-order valence-electron chi connectivity index (χ4n) is 3.64. The molecule has 1 unspecified atom stereocenters. The molecule has 0 saturated carbocycles. The van der Waals surface area contributed by atoms with Crippen molar-refractivity contribution in [2.75, 3.05) is 13.2 Å². The molecule has 0 aliphatic carbocycles. The van der Waals surface area contributed by atoms with Crippen LogP contribution in [0.15, 0.2) is 47.4 Å². The molecule has 0 aliphatic heterocycles. The Balaban J connectivity index is 2.13. The van der Waals surface area contributed by atoms with Crippen molar-refractivity contribution in [2.24, 2.45) is 7.05 Å². The number of nitrogens with zero attached hydrogens (tertiary/aromatic N) is 2. The monoisotopic (exact) mass is 455 g/mol. The van der Waals surface area contributed by atoms with Crippen LogP contribution >= 0.6 is 0 Å². The molecule has 0 aliphatic rings. The van der Waals surface area contributed by atoms with Crippen LogP contribution < -0.4 is 10.9 Å². The third kappa shape index (κ3) is 5.20. The van der Waals surface area contributed by atoms with E-state index in [0.29, 0.717) is 40.9 Å². The van der Waals surface area contributed by atoms with E-state index in [0.717, 1.165) is 6.04 Å². The molecule has 0 bridgehead atoms. The first-order valence-corrected chi connectivity index (χ1v) is 14.7. The van der Waals surface area contributed by atoms with Crippen LogP contribution in [0.2, 0.25) is 25.7 Å². The highest BCUT2D eigenvalue weighted by atomic mass is 28.3. The van der Waals surface area contributed by atoms with Gasteiger partial charge in [-0.2, -0.15) is 0 Å². The van der Waals surface area contributed by atoms with Crippen molar-refractivity contribution in [3.63, 3.8) is 0 Å². The standard InChI is InChI=1S/C24H33N3O4Si/c1-6-25-23(29)20-14-18-19(22(28)17-10-8-7-9-11-17)15-26(2)24(30)21(18)27(20)16-31-12-13-32(3,4)5/h7-11,14-15,22,28H,6,12-13,16H2,1-5H3,(H,25,29). The largest absolute Gasteiger partial charge is 0.384 e. The third-order valence-corrected chi connectivity index (χ3v) is 7.16. The number of ether oxygens (including phenoxy) is 1. The maximum Gasteiger partial charge on any atom is 0.274 e. The molecule has 0 saturated heterocycles. The lowest BCUT2D eigenvalue weighted by molar-refractivity contribution is 0.0811. The van der Waals surface area contributed by atoms with Gasteiger partial charge in [-0.3, -0.25) is 9.59 Å². The summed E-state index contributed by atoms with van der Waals surface area (Å²) < 4.78 is 9.00. The zero-order valence-corrected chi connectivity index (χ0v) is 20.5. The Morgan fingerprint density at radius 2 is 1.91 bits per heavy atom. The van der Waals surface area contributed by atoms with E-state index < -0.39 is 14.2 Å². The molecule has 32 heavy (non-hydrogen) atoms. The average Bonchev–Trinajstić information content (AvgIpc) is 3.13. The number of aryl methyl sites for hydroxylation is 1. The van der Waals surface area contributed by atoms with Crippen LogP contribution in [0, 0.1) is 0 Å². The number of nitrogens with one attached hydrogen (secondary N) is 1. The first-order valence-electron chi connectivity index (χ1n) is 11.0. The van der Waals surface area contributed by atoms with Crippen molar-refractivity contribution in [3.05, 3.63) is 69.8 Å². The highest BCUT2D eigenvalue weighted by Crippen LogP contribution is 2.29. The second kappa shape index (κ2) is 9.85. The number of rotatable bonds is 9. The van der Waals surface area contributed by atoms with Gasteiger partial charge in [-0.05, 0) is 24.6 Å². The number of carbonyl (C=O) groups excluding carboxylic acids is 1. The van der Waals surface area contributed by atoms with Crippen molar-refractivity contribution < 1.29 is 14.6 Å². The van der Waals surface area contributed by atoms with Gasteiger partial charge in [0.05, 0.1) is 0 Å². The van der Waals surface area contributed by atoms with Gasteiger partial charge in [0.15, 0.2) is 0 Å². The molecule has 1 amide bonds. The first-order chi connectivity index (χ1) is 15.1. The molecule has 2 heterocycles. The normalized spacial score (nSPS) is 12.8. The van der Waals surface area contributed by atoms with Crippen LogP contribution in [0.4, 0.5) is 0 Å². The minimum Gasteiger partial charge on any atom is -0.384 e. The minimum absolute atomic E-state index is 0.0978. The Labute approximate surface area is 189 Å². The van der Waals surface area contributed by atoms with Crippen LogP contribution in [-0.2, 0) is 18.5 Å². The number of aliphatic hydroxyl groups excluding tert-OH is 1. The molecule has 0 spiro atoms. The quantitative estimate of drug-likeness (QED) is 0.382. The van der Waals surface area contributed by atoms with Gasteiger partial charge in [0, 0.05) is 45.4 Å². The second-order valence-electron chi connectivity index (χ2n) is 9.24. The van der Waals surface area contributed by atoms with Gasteiger partial charge in [-0.25, -0.2) is 0 Å². The van der Waals surface area contributed by atoms with Gasteiger partial charge in [-0.1, -0.05) is 50.0 Å². The maximum absolute atomic E-state index is 13.1. The number of hydrogen-bond acceptors (Lipinski definition) is 4. The smallest absolute Gasteiger partial charge is 0.274 e. The number of amides is 1. The van der Waals surface area contributed by atoms with Gasteiger partial charge in [0.2, 0.25) is 0 Å². The van der Waals surface area contributed by atoms with Crippen LogP contribution in [0.5, 0.6) is 0 Å². The van der Waals surface area contributed by atoms with Gasteiger partial charge in [0.25, 0.3) is 11.5 Å². The Morgan fingerprint density at radius 3 is 2.53 bits per heavy atom. The summed E-state index contributed by atoms with van der Waals surface area (Å²) in [6.45, 7) is 9.79. The van der Waals surface area contributed by atoms with Crippen molar-refractivity contribution in [1.82, 2.24) is 14.5 Å². The Bertz CT molecular complexity index is 1150. The van der Waals surface area contributed by atoms with E-state index >= 15 is 0 Å². The molecule has 172 valence electrons. The van der Waals surface area contributed by atoms with E-state index in [1.54, 1.807) is 23.9 Å². The van der Waals surface area contributed by atoms with Crippen molar-refractivity contribution in [1.29, 1.82) is 0 Å². The van der Waals surface area contributed by atoms with Crippen molar-refractivity contribution in [2.45, 2.75) is 45.4 Å². The summed E-state index contributed by atoms with van der Waals surface area (Å²) in [4.78, 5) is 25.9. The molecule has 0 fully saturated rings. The van der Waals surface area contributed by atoms with Crippen molar-refractivity contribution in [3.8, 4) is 0 Å². The fourth-order valence-corrected chi connectivity index (χ4v) is 4.40. The summed E-state index contributed by atoms with van der Waals surface area (Å²) in [5, 5.41) is 14.5. The summed E-state index contributed by atoms with van der Waals surface area (Å²) in [7, 11) is 0.376. The molecule has 8 heteroatoms. The second-order valence-corrected chi connectivity index (χ2v) is 14.9. The number of aromatic nitrogens is 2. The number of aliphatic hydroxyl groups is 1. The number of benzene rings is 1. The van der Waals surface area contributed by atoms with Gasteiger partial charge in [0.1, 0.15) is 24.0 Å². The van der Waals surface area contributed by atoms with Crippen LogP contribution in [0.1, 0.15) is 34.6 Å². The molecule has 3 rings (SSSR count). The molecule has 1 atom stereocenters. The van der Waals surface area contributed by atoms with E-state index in [1.165, 1.54) is 4.57 Å². The SMILES string of the molecule is CCNC(=O)c1cc2c(C(O)c3ccccc3)cn(C)c(=O)c2n1COCC[Si](C)(C)C. The van der Waals surface area contributed by atoms with E-state index in [2.05, 4.69) is 25.0 Å². The summed E-state index contributed by atoms with van der Waals surface area (Å²) in [6, 6.07) is 11.9. The zero-order valence-electron chi connectivity index (χ0n) is 19.5. The Hall–Kier alpha value is -2.68. The molecule has 0 radical (unpaired) electrons. The number of carbonyl (C=O) groups is 1. The van der Waals surface area contributed by atoms with Gasteiger partial charge < -0.3 is 24.3 Å². The molecular weight excluding hydrogens is 422 g/mol. The third-order valence-electron chi connectivity index (χ3n) is 5.46. The lowest BCUT2D eigenvalue weighted by Crippen LogP contribution is -2.28. The summed E-state index contributed by atoms with van der Waals surface area (Å²) in [5.74, 6) is -0.278. The molecule has 3 aromatic rings. The lowest BCUT2D eigenvalue weighted by atomic mass is 10.00. The fraction of sp³-hybridized carbons (Fsp3) is 0.417. The number of pyridine rings is 1. The highest BCUT2D eigenvalue weighted by molar-refractivity contribution is 6.76. The van der Waals surface area contributed by atoms with Gasteiger partial charge >= 0.3 is 0 Å². The molecular formula is C24H33N3O4Si. The van der Waals surface area contributed by atoms with Crippen LogP contribution in [0.25, 0.3) is 10.9 Å². The van der Waals surface area contributed by atoms with Crippen LogP contribution in [0.3, 0.4) is 0 Å².